The molecule has 0 aliphatic heterocycles. The smallest absolute Gasteiger partial charge is 0.243 e. The Morgan fingerprint density at radius 2 is 1.79 bits per heavy atom. The van der Waals surface area contributed by atoms with Gasteiger partial charge in [0.1, 0.15) is 23.3 Å². The first kappa shape index (κ1) is 17.8. The maximum Gasteiger partial charge on any atom is 0.243 e. The minimum atomic E-state index is -0.940. The van der Waals surface area contributed by atoms with E-state index in [0.717, 1.165) is 5.75 Å². The van der Waals surface area contributed by atoms with Crippen molar-refractivity contribution in [1.29, 1.82) is 0 Å². The molecule has 0 aliphatic carbocycles. The molecular formula is C18H22N2O4. The lowest BCUT2D eigenvalue weighted by molar-refractivity contribution is -0.118. The van der Waals surface area contributed by atoms with Gasteiger partial charge in [-0.1, -0.05) is 6.07 Å². The van der Waals surface area contributed by atoms with Crippen molar-refractivity contribution in [2.45, 2.75) is 26.0 Å². The van der Waals surface area contributed by atoms with Crippen molar-refractivity contribution in [3.05, 3.63) is 48.5 Å². The number of aliphatic hydroxyl groups excluding tert-OH is 1. The average molecular weight is 330 g/mol. The highest BCUT2D eigenvalue weighted by atomic mass is 16.5. The highest BCUT2D eigenvalue weighted by Gasteiger charge is 2.11. The molecule has 0 aromatic heterocycles. The van der Waals surface area contributed by atoms with Crippen molar-refractivity contribution < 1.29 is 19.4 Å². The summed E-state index contributed by atoms with van der Waals surface area (Å²) in [5.74, 6) is 1.59. The summed E-state index contributed by atoms with van der Waals surface area (Å²) < 4.78 is 11.4. The van der Waals surface area contributed by atoms with Crippen LogP contribution in [0, 0.1) is 0 Å². The van der Waals surface area contributed by atoms with E-state index in [-0.39, 0.29) is 6.10 Å². The van der Waals surface area contributed by atoms with E-state index >= 15 is 0 Å². The van der Waals surface area contributed by atoms with Gasteiger partial charge < -0.3 is 25.6 Å². The second-order valence-corrected chi connectivity index (χ2v) is 5.55. The third-order valence-electron chi connectivity index (χ3n) is 3.07. The molecule has 1 amide bonds. The minimum absolute atomic E-state index is 0.0911. The van der Waals surface area contributed by atoms with E-state index in [2.05, 4.69) is 5.32 Å². The quantitative estimate of drug-likeness (QED) is 0.725. The first-order valence-electron chi connectivity index (χ1n) is 7.70. The number of anilines is 1. The zero-order chi connectivity index (χ0) is 17.5. The predicted molar refractivity (Wildman–Crippen MR) is 92.4 cm³/mol. The molecule has 6 heteroatoms. The summed E-state index contributed by atoms with van der Waals surface area (Å²) in [6.45, 7) is 3.52. The molecule has 2 aromatic carbocycles. The Kier molecular flexibility index (Phi) is 6.17. The number of nitrogens with two attached hydrogens (primary N) is 1. The lowest BCUT2D eigenvalue weighted by atomic mass is 10.2. The van der Waals surface area contributed by atoms with Crippen LogP contribution in [0.1, 0.15) is 13.8 Å². The molecule has 0 bridgehead atoms. The van der Waals surface area contributed by atoms with Gasteiger partial charge in [0.25, 0.3) is 0 Å². The van der Waals surface area contributed by atoms with Crippen molar-refractivity contribution in [3.63, 3.8) is 0 Å². The normalized spacial score (nSPS) is 11.9. The molecular weight excluding hydrogens is 308 g/mol. The van der Waals surface area contributed by atoms with Crippen LogP contribution in [0.3, 0.4) is 0 Å². The van der Waals surface area contributed by atoms with Crippen LogP contribution in [0.5, 0.6) is 17.2 Å². The summed E-state index contributed by atoms with van der Waals surface area (Å²) in [6.07, 6.45) is 0.0911. The maximum absolute atomic E-state index is 11.6. The van der Waals surface area contributed by atoms with E-state index < -0.39 is 18.6 Å². The van der Waals surface area contributed by atoms with Gasteiger partial charge >= 0.3 is 0 Å². The fraction of sp³-hybridized carbons (Fsp3) is 0.278. The van der Waals surface area contributed by atoms with E-state index in [0.29, 0.717) is 17.2 Å². The summed E-state index contributed by atoms with van der Waals surface area (Å²) in [7, 11) is 0. The van der Waals surface area contributed by atoms with E-state index in [1.165, 1.54) is 0 Å². The van der Waals surface area contributed by atoms with Gasteiger partial charge in [0.2, 0.25) is 5.91 Å². The second-order valence-electron chi connectivity index (χ2n) is 5.55. The Labute approximate surface area is 141 Å². The van der Waals surface area contributed by atoms with E-state index in [9.17, 15) is 4.79 Å². The van der Waals surface area contributed by atoms with Gasteiger partial charge in [0.05, 0.1) is 12.7 Å². The molecule has 0 saturated carbocycles. The summed E-state index contributed by atoms with van der Waals surface area (Å²) in [4.78, 5) is 11.6. The molecule has 0 heterocycles. The SMILES string of the molecule is CC(C)Oc1cccc(Oc2ccc(NC(=O)[C@@H](N)CO)cc2)c1. The van der Waals surface area contributed by atoms with Crippen LogP contribution in [0.4, 0.5) is 5.69 Å². The number of aliphatic hydroxyl groups is 1. The van der Waals surface area contributed by atoms with E-state index in [1.54, 1.807) is 24.3 Å². The summed E-state index contributed by atoms with van der Waals surface area (Å²) in [5.41, 5.74) is 6.02. The molecule has 0 aliphatic rings. The Balaban J connectivity index is 2.00. The fourth-order valence-electron chi connectivity index (χ4n) is 1.94. The number of amides is 1. The van der Waals surface area contributed by atoms with Crippen LogP contribution >= 0.6 is 0 Å². The zero-order valence-corrected chi connectivity index (χ0v) is 13.7. The number of hydrogen-bond acceptors (Lipinski definition) is 5. The molecule has 1 atom stereocenters. The molecule has 128 valence electrons. The van der Waals surface area contributed by atoms with Gasteiger partial charge in [-0.2, -0.15) is 0 Å². The number of benzene rings is 2. The van der Waals surface area contributed by atoms with E-state index in [4.69, 9.17) is 20.3 Å². The fourth-order valence-corrected chi connectivity index (χ4v) is 1.94. The lowest BCUT2D eigenvalue weighted by Crippen LogP contribution is -2.38. The molecule has 2 rings (SSSR count). The largest absolute Gasteiger partial charge is 0.491 e. The molecule has 4 N–H and O–H groups in total. The topological polar surface area (TPSA) is 93.8 Å². The van der Waals surface area contributed by atoms with Crippen molar-refractivity contribution in [2.24, 2.45) is 5.73 Å². The molecule has 0 saturated heterocycles. The second kappa shape index (κ2) is 8.33. The van der Waals surface area contributed by atoms with Crippen LogP contribution < -0.4 is 20.5 Å². The van der Waals surface area contributed by atoms with Crippen molar-refractivity contribution in [2.75, 3.05) is 11.9 Å². The summed E-state index contributed by atoms with van der Waals surface area (Å²) in [6, 6.07) is 13.3. The van der Waals surface area contributed by atoms with Crippen LogP contribution in [0.2, 0.25) is 0 Å². The number of carbonyl (C=O) groups is 1. The third kappa shape index (κ3) is 5.26. The van der Waals surface area contributed by atoms with Crippen molar-refractivity contribution >= 4 is 11.6 Å². The van der Waals surface area contributed by atoms with Gasteiger partial charge in [-0.3, -0.25) is 4.79 Å². The average Bonchev–Trinajstić information content (AvgIpc) is 2.55. The van der Waals surface area contributed by atoms with Crippen LogP contribution in [-0.2, 0) is 4.79 Å². The van der Waals surface area contributed by atoms with Crippen LogP contribution in [0.15, 0.2) is 48.5 Å². The molecule has 2 aromatic rings. The van der Waals surface area contributed by atoms with Gasteiger partial charge in [0.15, 0.2) is 0 Å². The lowest BCUT2D eigenvalue weighted by Gasteiger charge is -2.12. The molecule has 0 spiro atoms. The highest BCUT2D eigenvalue weighted by Crippen LogP contribution is 2.26. The first-order valence-corrected chi connectivity index (χ1v) is 7.70. The Morgan fingerprint density at radius 1 is 1.12 bits per heavy atom. The van der Waals surface area contributed by atoms with Gasteiger partial charge in [-0.25, -0.2) is 0 Å². The number of carbonyl (C=O) groups excluding carboxylic acids is 1. The molecule has 6 nitrogen and oxygen atoms in total. The molecule has 0 radical (unpaired) electrons. The number of rotatable bonds is 7. The van der Waals surface area contributed by atoms with E-state index in [1.807, 2.05) is 38.1 Å². The summed E-state index contributed by atoms with van der Waals surface area (Å²) in [5, 5.41) is 11.5. The highest BCUT2D eigenvalue weighted by molar-refractivity contribution is 5.94. The summed E-state index contributed by atoms with van der Waals surface area (Å²) >= 11 is 0. The Morgan fingerprint density at radius 3 is 2.42 bits per heavy atom. The van der Waals surface area contributed by atoms with Crippen LogP contribution in [0.25, 0.3) is 0 Å². The zero-order valence-electron chi connectivity index (χ0n) is 13.7. The Hall–Kier alpha value is -2.57. The Bertz CT molecular complexity index is 671. The predicted octanol–water partition coefficient (Wildman–Crippen LogP) is 2.52. The van der Waals surface area contributed by atoms with Crippen molar-refractivity contribution in [1.82, 2.24) is 0 Å². The molecule has 0 unspecified atom stereocenters. The third-order valence-corrected chi connectivity index (χ3v) is 3.07. The molecule has 24 heavy (non-hydrogen) atoms. The van der Waals surface area contributed by atoms with Gasteiger partial charge in [-0.15, -0.1) is 0 Å². The first-order chi connectivity index (χ1) is 11.5. The van der Waals surface area contributed by atoms with Crippen molar-refractivity contribution in [3.8, 4) is 17.2 Å². The standard InChI is InChI=1S/C18H22N2O4/c1-12(2)23-15-4-3-5-16(10-15)24-14-8-6-13(7-9-14)20-18(22)17(19)11-21/h3-10,12,17,21H,11,19H2,1-2H3,(H,20,22)/t17-/m0/s1. The maximum atomic E-state index is 11.6. The van der Waals surface area contributed by atoms with Gasteiger partial charge in [-0.05, 0) is 50.2 Å². The molecule has 0 fully saturated rings. The minimum Gasteiger partial charge on any atom is -0.491 e. The van der Waals surface area contributed by atoms with Crippen LogP contribution in [-0.4, -0.2) is 29.8 Å². The number of hydrogen-bond donors (Lipinski definition) is 3. The monoisotopic (exact) mass is 330 g/mol. The number of ether oxygens (including phenoxy) is 2. The van der Waals surface area contributed by atoms with Gasteiger partial charge in [0, 0.05) is 11.8 Å². The number of nitrogens with one attached hydrogen (secondary N) is 1.